The van der Waals surface area contributed by atoms with Gasteiger partial charge in [0.05, 0.1) is 18.8 Å². The summed E-state index contributed by atoms with van der Waals surface area (Å²) in [6.45, 7) is 4.28. The monoisotopic (exact) mass is 235 g/mol. The first-order valence-electron chi connectivity index (χ1n) is 6.35. The second-order valence-electron chi connectivity index (χ2n) is 4.65. The van der Waals surface area contributed by atoms with E-state index in [1.165, 1.54) is 11.1 Å². The Bertz CT molecular complexity index is 352. The number of hydrogen-bond donors (Lipinski definition) is 2. The molecule has 1 aromatic rings. The quantitative estimate of drug-likeness (QED) is 0.763. The molecule has 17 heavy (non-hydrogen) atoms. The molecule has 2 rings (SSSR count). The summed E-state index contributed by atoms with van der Waals surface area (Å²) in [5.74, 6) is 0. The number of ether oxygens (including phenoxy) is 1. The summed E-state index contributed by atoms with van der Waals surface area (Å²) in [6.07, 6.45) is 1.73. The van der Waals surface area contributed by atoms with Crippen molar-refractivity contribution in [3.63, 3.8) is 0 Å². The average molecular weight is 235 g/mol. The Kier molecular flexibility index (Phi) is 4.54. The van der Waals surface area contributed by atoms with Crippen molar-refractivity contribution in [2.75, 3.05) is 19.7 Å². The average Bonchev–Trinajstić information content (AvgIpc) is 2.34. The molecule has 1 heterocycles. The fourth-order valence-electron chi connectivity index (χ4n) is 2.19. The van der Waals surface area contributed by atoms with Gasteiger partial charge in [-0.3, -0.25) is 0 Å². The van der Waals surface area contributed by atoms with Crippen molar-refractivity contribution < 1.29 is 9.84 Å². The molecule has 94 valence electrons. The molecule has 0 fully saturated rings. The van der Waals surface area contributed by atoms with Crippen LogP contribution < -0.4 is 5.32 Å². The number of hydrogen-bond acceptors (Lipinski definition) is 3. The van der Waals surface area contributed by atoms with E-state index in [2.05, 4.69) is 29.6 Å². The number of aliphatic hydroxyl groups excluding tert-OH is 1. The van der Waals surface area contributed by atoms with E-state index in [9.17, 15) is 5.11 Å². The molecule has 0 amide bonds. The summed E-state index contributed by atoms with van der Waals surface area (Å²) in [7, 11) is 0. The third-order valence-electron chi connectivity index (χ3n) is 3.16. The largest absolute Gasteiger partial charge is 0.393 e. The molecule has 2 N–H and O–H groups in total. The van der Waals surface area contributed by atoms with Crippen molar-refractivity contribution in [2.24, 2.45) is 0 Å². The van der Waals surface area contributed by atoms with Crippen LogP contribution in [0.15, 0.2) is 24.3 Å². The van der Waals surface area contributed by atoms with Gasteiger partial charge in [0.25, 0.3) is 0 Å². The van der Waals surface area contributed by atoms with Crippen molar-refractivity contribution >= 4 is 0 Å². The van der Waals surface area contributed by atoms with Crippen LogP contribution in [0.5, 0.6) is 0 Å². The van der Waals surface area contributed by atoms with Gasteiger partial charge in [-0.05, 0) is 37.4 Å². The van der Waals surface area contributed by atoms with E-state index in [1.807, 2.05) is 6.92 Å². The first kappa shape index (κ1) is 12.6. The van der Waals surface area contributed by atoms with Crippen molar-refractivity contribution in [1.29, 1.82) is 0 Å². The van der Waals surface area contributed by atoms with Gasteiger partial charge >= 0.3 is 0 Å². The number of nitrogens with one attached hydrogen (secondary N) is 1. The van der Waals surface area contributed by atoms with E-state index in [-0.39, 0.29) is 12.2 Å². The Morgan fingerprint density at radius 3 is 3.12 bits per heavy atom. The van der Waals surface area contributed by atoms with Crippen LogP contribution in [0.25, 0.3) is 0 Å². The van der Waals surface area contributed by atoms with Crippen LogP contribution in [0.2, 0.25) is 0 Å². The number of aliphatic hydroxyl groups is 1. The summed E-state index contributed by atoms with van der Waals surface area (Å²) < 4.78 is 5.79. The minimum absolute atomic E-state index is 0.161. The van der Waals surface area contributed by atoms with Crippen LogP contribution in [0.3, 0.4) is 0 Å². The molecule has 0 radical (unpaired) electrons. The second-order valence-corrected chi connectivity index (χ2v) is 4.65. The van der Waals surface area contributed by atoms with Crippen LogP contribution in [-0.2, 0) is 11.2 Å². The predicted molar refractivity (Wildman–Crippen MR) is 68.0 cm³/mol. The van der Waals surface area contributed by atoms with Crippen LogP contribution in [0.1, 0.15) is 30.6 Å². The maximum Gasteiger partial charge on any atom is 0.0952 e. The van der Waals surface area contributed by atoms with E-state index in [1.54, 1.807) is 0 Å². The molecule has 1 aliphatic heterocycles. The van der Waals surface area contributed by atoms with Crippen molar-refractivity contribution in [2.45, 2.75) is 32.0 Å². The Labute approximate surface area is 103 Å². The molecule has 0 bridgehead atoms. The van der Waals surface area contributed by atoms with Gasteiger partial charge in [-0.25, -0.2) is 0 Å². The Balaban J connectivity index is 1.86. The molecule has 1 aliphatic rings. The Morgan fingerprint density at radius 2 is 2.29 bits per heavy atom. The molecule has 3 heteroatoms. The first-order valence-corrected chi connectivity index (χ1v) is 6.35. The van der Waals surface area contributed by atoms with Gasteiger partial charge in [-0.1, -0.05) is 24.3 Å². The normalized spacial score (nSPS) is 20.9. The molecule has 0 aromatic heterocycles. The lowest BCUT2D eigenvalue weighted by molar-refractivity contribution is 0.0420. The van der Waals surface area contributed by atoms with E-state index < -0.39 is 0 Å². The summed E-state index contributed by atoms with van der Waals surface area (Å²) in [4.78, 5) is 0. The van der Waals surface area contributed by atoms with Crippen LogP contribution >= 0.6 is 0 Å². The minimum atomic E-state index is -0.234. The van der Waals surface area contributed by atoms with Gasteiger partial charge in [0.1, 0.15) is 0 Å². The second kappa shape index (κ2) is 6.15. The molecule has 0 aliphatic carbocycles. The highest BCUT2D eigenvalue weighted by atomic mass is 16.5. The zero-order valence-corrected chi connectivity index (χ0v) is 10.4. The predicted octanol–water partition coefficient (Wildman–Crippen LogP) is 1.66. The lowest BCUT2D eigenvalue weighted by Gasteiger charge is -2.26. The Hall–Kier alpha value is -0.900. The van der Waals surface area contributed by atoms with Gasteiger partial charge in [0.15, 0.2) is 0 Å². The molecular weight excluding hydrogens is 214 g/mol. The minimum Gasteiger partial charge on any atom is -0.393 e. The lowest BCUT2D eigenvalue weighted by atomic mass is 9.97. The zero-order chi connectivity index (χ0) is 12.1. The van der Waals surface area contributed by atoms with E-state index in [4.69, 9.17) is 4.74 Å². The topological polar surface area (TPSA) is 41.5 Å². The molecule has 3 nitrogen and oxygen atoms in total. The molecule has 0 saturated carbocycles. The standard InChI is InChI=1S/C14H21NO2/c1-11(16)6-8-15-10-14-13-5-3-2-4-12(13)7-9-17-14/h2-5,11,14-16H,6-10H2,1H3. The molecule has 0 saturated heterocycles. The van der Waals surface area contributed by atoms with E-state index in [0.717, 1.165) is 32.5 Å². The molecular formula is C14H21NO2. The van der Waals surface area contributed by atoms with Gasteiger partial charge in [-0.15, -0.1) is 0 Å². The number of fused-ring (bicyclic) bond motifs is 1. The van der Waals surface area contributed by atoms with Crippen molar-refractivity contribution in [1.82, 2.24) is 5.32 Å². The summed E-state index contributed by atoms with van der Waals surface area (Å²) in [6, 6.07) is 8.48. The maximum absolute atomic E-state index is 9.18. The summed E-state index contributed by atoms with van der Waals surface area (Å²) in [5.41, 5.74) is 2.71. The number of benzene rings is 1. The van der Waals surface area contributed by atoms with Gasteiger partial charge in [-0.2, -0.15) is 0 Å². The third-order valence-corrected chi connectivity index (χ3v) is 3.16. The van der Waals surface area contributed by atoms with Crippen LogP contribution in [-0.4, -0.2) is 30.9 Å². The van der Waals surface area contributed by atoms with Crippen molar-refractivity contribution in [3.8, 4) is 0 Å². The third kappa shape index (κ3) is 3.53. The van der Waals surface area contributed by atoms with Gasteiger partial charge in [0, 0.05) is 6.54 Å². The number of rotatable bonds is 5. The highest BCUT2D eigenvalue weighted by Gasteiger charge is 2.19. The van der Waals surface area contributed by atoms with Crippen molar-refractivity contribution in [3.05, 3.63) is 35.4 Å². The van der Waals surface area contributed by atoms with Gasteiger partial charge < -0.3 is 15.2 Å². The molecule has 1 aromatic carbocycles. The summed E-state index contributed by atoms with van der Waals surface area (Å²) >= 11 is 0. The molecule has 2 atom stereocenters. The molecule has 2 unspecified atom stereocenters. The first-order chi connectivity index (χ1) is 8.27. The fourth-order valence-corrected chi connectivity index (χ4v) is 2.19. The van der Waals surface area contributed by atoms with Crippen LogP contribution in [0.4, 0.5) is 0 Å². The van der Waals surface area contributed by atoms with E-state index in [0.29, 0.717) is 0 Å². The lowest BCUT2D eigenvalue weighted by Crippen LogP contribution is -2.29. The zero-order valence-electron chi connectivity index (χ0n) is 10.4. The molecule has 0 spiro atoms. The van der Waals surface area contributed by atoms with Crippen LogP contribution in [0, 0.1) is 0 Å². The highest BCUT2D eigenvalue weighted by Crippen LogP contribution is 2.26. The van der Waals surface area contributed by atoms with Gasteiger partial charge in [0.2, 0.25) is 0 Å². The maximum atomic E-state index is 9.18. The summed E-state index contributed by atoms with van der Waals surface area (Å²) in [5, 5.41) is 12.5. The smallest absolute Gasteiger partial charge is 0.0952 e. The van der Waals surface area contributed by atoms with E-state index >= 15 is 0 Å². The SMILES string of the molecule is CC(O)CCNCC1OCCc2ccccc21. The Morgan fingerprint density at radius 1 is 1.47 bits per heavy atom. The fraction of sp³-hybridized carbons (Fsp3) is 0.571. The highest BCUT2D eigenvalue weighted by molar-refractivity contribution is 5.31.